The number of furan rings is 1. The molecule has 124 valence electrons. The molecule has 0 amide bonds. The van der Waals surface area contributed by atoms with Crippen LogP contribution in [-0.4, -0.2) is 69.1 Å². The van der Waals surface area contributed by atoms with Gasteiger partial charge >= 0.3 is 0 Å². The highest BCUT2D eigenvalue weighted by Crippen LogP contribution is 2.01. The molecular weight excluding hydrogens is 278 g/mol. The maximum Gasteiger partial charge on any atom is 0.191 e. The number of nitrogens with zero attached hydrogens (tertiary/aromatic N) is 3. The fourth-order valence-corrected chi connectivity index (χ4v) is 2.64. The molecule has 0 saturated carbocycles. The molecule has 22 heavy (non-hydrogen) atoms. The van der Waals surface area contributed by atoms with Crippen molar-refractivity contribution in [3.05, 3.63) is 24.2 Å². The summed E-state index contributed by atoms with van der Waals surface area (Å²) in [6.45, 7) is 7.54. The van der Waals surface area contributed by atoms with Crippen molar-refractivity contribution in [1.82, 2.24) is 20.4 Å². The molecule has 1 fully saturated rings. The van der Waals surface area contributed by atoms with Crippen LogP contribution in [0.4, 0.5) is 0 Å². The van der Waals surface area contributed by atoms with Crippen LogP contribution >= 0.6 is 0 Å². The van der Waals surface area contributed by atoms with Gasteiger partial charge in [0.25, 0.3) is 0 Å². The maximum atomic E-state index is 5.30. The van der Waals surface area contributed by atoms with Crippen LogP contribution in [0.25, 0.3) is 0 Å². The van der Waals surface area contributed by atoms with Gasteiger partial charge in [0, 0.05) is 26.7 Å². The second kappa shape index (κ2) is 9.48. The Morgan fingerprint density at radius 3 is 2.95 bits per heavy atom. The highest BCUT2D eigenvalue weighted by molar-refractivity contribution is 5.79. The second-order valence-corrected chi connectivity index (χ2v) is 5.78. The smallest absolute Gasteiger partial charge is 0.191 e. The predicted octanol–water partition coefficient (Wildman–Crippen LogP) is 0.972. The van der Waals surface area contributed by atoms with Gasteiger partial charge in [0.1, 0.15) is 5.76 Å². The Labute approximate surface area is 133 Å². The minimum Gasteiger partial charge on any atom is -0.467 e. The molecule has 0 aliphatic carbocycles. The van der Waals surface area contributed by atoms with E-state index >= 15 is 0 Å². The maximum absolute atomic E-state index is 5.30. The van der Waals surface area contributed by atoms with Gasteiger partial charge in [0.15, 0.2) is 5.96 Å². The topological polar surface area (TPSA) is 56.0 Å². The van der Waals surface area contributed by atoms with Gasteiger partial charge in [-0.25, -0.2) is 0 Å². The monoisotopic (exact) mass is 307 g/mol. The highest BCUT2D eigenvalue weighted by atomic mass is 16.3. The Kier molecular flexibility index (Phi) is 7.25. The van der Waals surface area contributed by atoms with E-state index in [2.05, 4.69) is 32.5 Å². The van der Waals surface area contributed by atoms with E-state index in [1.807, 2.05) is 12.1 Å². The molecule has 2 rings (SSSR count). The highest BCUT2D eigenvalue weighted by Gasteiger charge is 2.11. The van der Waals surface area contributed by atoms with Crippen molar-refractivity contribution in [3.63, 3.8) is 0 Å². The molecule has 0 bridgehead atoms. The third-order valence-electron chi connectivity index (χ3n) is 3.99. The molecule has 1 saturated heterocycles. The summed E-state index contributed by atoms with van der Waals surface area (Å²) >= 11 is 0. The molecule has 0 unspecified atom stereocenters. The van der Waals surface area contributed by atoms with Crippen LogP contribution in [0.5, 0.6) is 0 Å². The third kappa shape index (κ3) is 6.07. The lowest BCUT2D eigenvalue weighted by Crippen LogP contribution is -2.38. The van der Waals surface area contributed by atoms with Crippen molar-refractivity contribution < 1.29 is 4.42 Å². The van der Waals surface area contributed by atoms with Gasteiger partial charge in [-0.05, 0) is 51.7 Å². The molecular formula is C16H29N5O. The summed E-state index contributed by atoms with van der Waals surface area (Å²) in [5, 5.41) is 6.61. The quantitative estimate of drug-likeness (QED) is 0.466. The lowest BCUT2D eigenvalue weighted by Gasteiger charge is -2.20. The zero-order valence-electron chi connectivity index (χ0n) is 13.8. The SMILES string of the molecule is CN=C(NCCCN1CCCN(C)CC1)NCc1ccco1. The minimum atomic E-state index is 0.658. The minimum absolute atomic E-state index is 0.658. The van der Waals surface area contributed by atoms with E-state index in [0.29, 0.717) is 6.54 Å². The Balaban J connectivity index is 1.58. The Morgan fingerprint density at radius 1 is 1.27 bits per heavy atom. The number of aliphatic imine (C=N–C) groups is 1. The first-order chi connectivity index (χ1) is 10.8. The van der Waals surface area contributed by atoms with Gasteiger partial charge in [0.05, 0.1) is 12.8 Å². The summed E-state index contributed by atoms with van der Waals surface area (Å²) in [4.78, 5) is 9.20. The van der Waals surface area contributed by atoms with E-state index in [4.69, 9.17) is 4.42 Å². The molecule has 1 aromatic rings. The summed E-state index contributed by atoms with van der Waals surface area (Å²) in [6.07, 6.45) is 4.09. The Bertz CT molecular complexity index is 432. The summed E-state index contributed by atoms with van der Waals surface area (Å²) in [6, 6.07) is 3.85. The fourth-order valence-electron chi connectivity index (χ4n) is 2.64. The largest absolute Gasteiger partial charge is 0.467 e. The number of likely N-dealkylation sites (N-methyl/N-ethyl adjacent to an activating group) is 1. The van der Waals surface area contributed by atoms with E-state index in [1.165, 1.54) is 32.6 Å². The molecule has 2 N–H and O–H groups in total. The molecule has 0 spiro atoms. The average molecular weight is 307 g/mol. The van der Waals surface area contributed by atoms with Crippen LogP contribution in [0.2, 0.25) is 0 Å². The first-order valence-electron chi connectivity index (χ1n) is 8.16. The van der Waals surface area contributed by atoms with Crippen LogP contribution in [0.3, 0.4) is 0 Å². The van der Waals surface area contributed by atoms with Crippen molar-refractivity contribution in [2.75, 3.05) is 53.4 Å². The van der Waals surface area contributed by atoms with Crippen LogP contribution < -0.4 is 10.6 Å². The van der Waals surface area contributed by atoms with Crippen molar-refractivity contribution in [1.29, 1.82) is 0 Å². The zero-order chi connectivity index (χ0) is 15.6. The molecule has 0 aromatic carbocycles. The Hall–Kier alpha value is -1.53. The van der Waals surface area contributed by atoms with Crippen molar-refractivity contribution in [3.8, 4) is 0 Å². The molecule has 6 heteroatoms. The first kappa shape index (κ1) is 16.8. The number of guanidine groups is 1. The van der Waals surface area contributed by atoms with Crippen LogP contribution in [-0.2, 0) is 6.54 Å². The van der Waals surface area contributed by atoms with E-state index in [1.54, 1.807) is 13.3 Å². The predicted molar refractivity (Wildman–Crippen MR) is 90.1 cm³/mol. The summed E-state index contributed by atoms with van der Waals surface area (Å²) < 4.78 is 5.30. The van der Waals surface area contributed by atoms with E-state index in [9.17, 15) is 0 Å². The van der Waals surface area contributed by atoms with Gasteiger partial charge in [-0.3, -0.25) is 4.99 Å². The molecule has 6 nitrogen and oxygen atoms in total. The molecule has 1 aromatic heterocycles. The molecule has 0 atom stereocenters. The number of rotatable bonds is 6. The molecule has 2 heterocycles. The summed E-state index contributed by atoms with van der Waals surface area (Å²) in [5.74, 6) is 1.74. The lowest BCUT2D eigenvalue weighted by atomic mass is 10.3. The average Bonchev–Trinajstić information content (AvgIpc) is 2.96. The summed E-state index contributed by atoms with van der Waals surface area (Å²) in [7, 11) is 4.00. The van der Waals surface area contributed by atoms with E-state index in [0.717, 1.165) is 31.2 Å². The van der Waals surface area contributed by atoms with E-state index in [-0.39, 0.29) is 0 Å². The molecule has 0 radical (unpaired) electrons. The lowest BCUT2D eigenvalue weighted by molar-refractivity contribution is 0.274. The van der Waals surface area contributed by atoms with Gasteiger partial charge in [0.2, 0.25) is 0 Å². The van der Waals surface area contributed by atoms with Crippen LogP contribution in [0, 0.1) is 0 Å². The van der Waals surface area contributed by atoms with Crippen molar-refractivity contribution in [2.45, 2.75) is 19.4 Å². The van der Waals surface area contributed by atoms with Gasteiger partial charge in [-0.1, -0.05) is 0 Å². The number of hydrogen-bond acceptors (Lipinski definition) is 4. The number of nitrogens with one attached hydrogen (secondary N) is 2. The van der Waals surface area contributed by atoms with Gasteiger partial charge in [-0.2, -0.15) is 0 Å². The van der Waals surface area contributed by atoms with Gasteiger partial charge < -0.3 is 24.9 Å². The van der Waals surface area contributed by atoms with Gasteiger partial charge in [-0.15, -0.1) is 0 Å². The second-order valence-electron chi connectivity index (χ2n) is 5.78. The standard InChI is InChI=1S/C16H29N5O/c1-17-16(19-14-15-6-3-13-22-15)18-7-4-9-21-10-5-8-20(2)11-12-21/h3,6,13H,4-5,7-12,14H2,1-2H3,(H2,17,18,19). The van der Waals surface area contributed by atoms with Crippen molar-refractivity contribution in [2.24, 2.45) is 4.99 Å². The number of hydrogen-bond donors (Lipinski definition) is 2. The normalized spacial score (nSPS) is 18.2. The zero-order valence-corrected chi connectivity index (χ0v) is 13.8. The third-order valence-corrected chi connectivity index (χ3v) is 3.99. The fraction of sp³-hybridized carbons (Fsp3) is 0.688. The van der Waals surface area contributed by atoms with Crippen LogP contribution in [0.1, 0.15) is 18.6 Å². The molecule has 1 aliphatic heterocycles. The Morgan fingerprint density at radius 2 is 2.18 bits per heavy atom. The molecule has 1 aliphatic rings. The van der Waals surface area contributed by atoms with Crippen LogP contribution in [0.15, 0.2) is 27.8 Å². The first-order valence-corrected chi connectivity index (χ1v) is 8.16. The summed E-state index contributed by atoms with van der Waals surface area (Å²) in [5.41, 5.74) is 0. The van der Waals surface area contributed by atoms with Crippen molar-refractivity contribution >= 4 is 5.96 Å². The van der Waals surface area contributed by atoms with E-state index < -0.39 is 0 Å².